The Bertz CT molecular complexity index is 529. The Hall–Kier alpha value is -1.35. The van der Waals surface area contributed by atoms with Crippen molar-refractivity contribution in [2.75, 3.05) is 19.7 Å². The van der Waals surface area contributed by atoms with E-state index in [0.717, 1.165) is 4.88 Å². The summed E-state index contributed by atoms with van der Waals surface area (Å²) in [6.07, 6.45) is 0.784. The van der Waals surface area contributed by atoms with Crippen molar-refractivity contribution in [3.05, 3.63) is 21.9 Å². The summed E-state index contributed by atoms with van der Waals surface area (Å²) in [5, 5.41) is 18.4. The highest BCUT2D eigenvalue weighted by Crippen LogP contribution is 2.22. The van der Waals surface area contributed by atoms with Gasteiger partial charge in [0.1, 0.15) is 0 Å². The minimum absolute atomic E-state index is 0.0176. The lowest BCUT2D eigenvalue weighted by atomic mass is 9.97. The number of aliphatic hydroxyl groups is 2. The monoisotopic (exact) mass is 293 g/mol. The molecule has 2 N–H and O–H groups in total. The van der Waals surface area contributed by atoms with E-state index in [4.69, 9.17) is 5.11 Å². The van der Waals surface area contributed by atoms with Crippen molar-refractivity contribution in [2.45, 2.75) is 25.9 Å². The van der Waals surface area contributed by atoms with Gasteiger partial charge in [0.15, 0.2) is 0 Å². The third-order valence-electron chi connectivity index (χ3n) is 3.41. The smallest absolute Gasteiger partial charge is 0.263 e. The van der Waals surface area contributed by atoms with Gasteiger partial charge in [-0.05, 0) is 24.5 Å². The van der Waals surface area contributed by atoms with E-state index >= 15 is 0 Å². The zero-order valence-electron chi connectivity index (χ0n) is 11.5. The minimum Gasteiger partial charge on any atom is -0.395 e. The lowest BCUT2D eigenvalue weighted by Gasteiger charge is -2.34. The fourth-order valence-electron chi connectivity index (χ4n) is 2.20. The Labute approximate surface area is 123 Å². The van der Waals surface area contributed by atoms with Gasteiger partial charge in [-0.25, -0.2) is 0 Å². The van der Waals surface area contributed by atoms with Gasteiger partial charge in [0.2, 0.25) is 0 Å². The third kappa shape index (κ3) is 3.60. The average Bonchev–Trinajstić information content (AvgIpc) is 2.90. The zero-order valence-corrected chi connectivity index (χ0v) is 12.3. The van der Waals surface area contributed by atoms with Crippen molar-refractivity contribution in [3.8, 4) is 11.8 Å². The van der Waals surface area contributed by atoms with E-state index in [1.807, 2.05) is 13.0 Å². The van der Waals surface area contributed by atoms with Crippen LogP contribution < -0.4 is 0 Å². The maximum Gasteiger partial charge on any atom is 0.263 e. The van der Waals surface area contributed by atoms with Gasteiger partial charge in [0.25, 0.3) is 5.91 Å². The summed E-state index contributed by atoms with van der Waals surface area (Å²) in [4.78, 5) is 15.7. The molecular weight excluding hydrogens is 274 g/mol. The quantitative estimate of drug-likeness (QED) is 0.809. The molecule has 2 heterocycles. The molecule has 4 nitrogen and oxygen atoms in total. The van der Waals surface area contributed by atoms with Crippen molar-refractivity contribution in [1.82, 2.24) is 4.90 Å². The molecular formula is C15H19NO3S. The van der Waals surface area contributed by atoms with Crippen LogP contribution in [0.2, 0.25) is 0 Å². The highest BCUT2D eigenvalue weighted by molar-refractivity contribution is 7.14. The maximum absolute atomic E-state index is 12.4. The largest absolute Gasteiger partial charge is 0.395 e. The lowest BCUT2D eigenvalue weighted by molar-refractivity contribution is 0.0300. The summed E-state index contributed by atoms with van der Waals surface area (Å²) in [6.45, 7) is 3.22. The summed E-state index contributed by atoms with van der Waals surface area (Å²) in [6, 6.07) is 3.64. The van der Waals surface area contributed by atoms with Crippen LogP contribution in [0, 0.1) is 17.8 Å². The molecule has 1 saturated heterocycles. The van der Waals surface area contributed by atoms with Gasteiger partial charge < -0.3 is 15.1 Å². The van der Waals surface area contributed by atoms with Crippen LogP contribution in [-0.2, 0) is 0 Å². The van der Waals surface area contributed by atoms with E-state index in [2.05, 4.69) is 11.8 Å². The van der Waals surface area contributed by atoms with Gasteiger partial charge in [0, 0.05) is 19.5 Å². The molecule has 1 aromatic rings. The molecule has 2 unspecified atom stereocenters. The number of hydrogen-bond acceptors (Lipinski definition) is 4. The van der Waals surface area contributed by atoms with Crippen molar-refractivity contribution in [3.63, 3.8) is 0 Å². The molecule has 1 fully saturated rings. The first-order valence-corrected chi connectivity index (χ1v) is 7.60. The molecule has 0 saturated carbocycles. The van der Waals surface area contributed by atoms with Crippen molar-refractivity contribution in [2.24, 2.45) is 5.92 Å². The molecule has 1 aliphatic heterocycles. The first-order valence-electron chi connectivity index (χ1n) is 6.78. The van der Waals surface area contributed by atoms with Gasteiger partial charge in [-0.2, -0.15) is 0 Å². The van der Waals surface area contributed by atoms with Crippen LogP contribution in [0.15, 0.2) is 12.1 Å². The number of carbonyl (C=O) groups is 1. The van der Waals surface area contributed by atoms with Crippen molar-refractivity contribution < 1.29 is 15.0 Å². The number of rotatable bonds is 2. The van der Waals surface area contributed by atoms with E-state index in [-0.39, 0.29) is 24.5 Å². The van der Waals surface area contributed by atoms with Crippen LogP contribution >= 0.6 is 11.3 Å². The highest BCUT2D eigenvalue weighted by Gasteiger charge is 2.28. The molecule has 0 spiro atoms. The van der Waals surface area contributed by atoms with Gasteiger partial charge in [-0.15, -0.1) is 11.3 Å². The van der Waals surface area contributed by atoms with E-state index in [1.54, 1.807) is 11.0 Å². The fourth-order valence-corrected chi connectivity index (χ4v) is 3.05. The van der Waals surface area contributed by atoms with E-state index in [1.165, 1.54) is 11.3 Å². The van der Waals surface area contributed by atoms with Crippen molar-refractivity contribution in [1.29, 1.82) is 0 Å². The van der Waals surface area contributed by atoms with Gasteiger partial charge >= 0.3 is 0 Å². The molecule has 0 aromatic carbocycles. The molecule has 5 heteroatoms. The standard InChI is InChI=1S/C15H19NO3S/c1-11-10-16(8-7-13(11)18)15(19)14-6-5-12(20-14)4-2-3-9-17/h5-6,11,13,17-18H,3,7-10H2,1H3. The molecule has 108 valence electrons. The normalized spacial score (nSPS) is 22.2. The molecule has 0 bridgehead atoms. The average molecular weight is 293 g/mol. The minimum atomic E-state index is -0.303. The summed E-state index contributed by atoms with van der Waals surface area (Å²) in [7, 11) is 0. The van der Waals surface area contributed by atoms with Gasteiger partial charge in [-0.1, -0.05) is 18.8 Å². The number of thiophene rings is 1. The van der Waals surface area contributed by atoms with E-state index < -0.39 is 0 Å². The number of aliphatic hydroxyl groups excluding tert-OH is 2. The molecule has 1 aromatic heterocycles. The Kier molecular flexibility index (Phi) is 5.18. The molecule has 20 heavy (non-hydrogen) atoms. The van der Waals surface area contributed by atoms with Crippen LogP contribution in [0.25, 0.3) is 0 Å². The summed E-state index contributed by atoms with van der Waals surface area (Å²) >= 11 is 1.38. The van der Waals surface area contributed by atoms with Gasteiger partial charge in [0.05, 0.1) is 22.5 Å². The predicted molar refractivity (Wildman–Crippen MR) is 78.6 cm³/mol. The van der Waals surface area contributed by atoms with E-state index in [9.17, 15) is 9.90 Å². The van der Waals surface area contributed by atoms with Crippen LogP contribution in [0.5, 0.6) is 0 Å². The predicted octanol–water partition coefficient (Wildman–Crippen LogP) is 1.32. The molecule has 2 rings (SSSR count). The van der Waals surface area contributed by atoms with Crippen LogP contribution in [0.1, 0.15) is 34.3 Å². The summed E-state index contributed by atoms with van der Waals surface area (Å²) < 4.78 is 0. The molecule has 1 aliphatic rings. The number of carbonyl (C=O) groups excluding carboxylic acids is 1. The van der Waals surface area contributed by atoms with Crippen molar-refractivity contribution >= 4 is 17.2 Å². The lowest BCUT2D eigenvalue weighted by Crippen LogP contribution is -2.44. The fraction of sp³-hybridized carbons (Fsp3) is 0.533. The first kappa shape index (κ1) is 15.0. The van der Waals surface area contributed by atoms with Crippen LogP contribution in [0.3, 0.4) is 0 Å². The zero-order chi connectivity index (χ0) is 14.5. The summed E-state index contributed by atoms with van der Waals surface area (Å²) in [5.74, 6) is 5.93. The second-order valence-corrected chi connectivity index (χ2v) is 6.11. The first-order chi connectivity index (χ1) is 9.61. The van der Waals surface area contributed by atoms with E-state index in [0.29, 0.717) is 30.8 Å². The number of piperidine rings is 1. The Morgan fingerprint density at radius 3 is 3.05 bits per heavy atom. The topological polar surface area (TPSA) is 60.8 Å². The number of likely N-dealkylation sites (tertiary alicyclic amines) is 1. The second-order valence-electron chi connectivity index (χ2n) is 5.02. The maximum atomic E-state index is 12.4. The molecule has 2 atom stereocenters. The van der Waals surface area contributed by atoms with Gasteiger partial charge in [-0.3, -0.25) is 4.79 Å². The Morgan fingerprint density at radius 1 is 1.55 bits per heavy atom. The Morgan fingerprint density at radius 2 is 2.35 bits per heavy atom. The van der Waals surface area contributed by atoms with Crippen LogP contribution in [-0.4, -0.2) is 46.8 Å². The van der Waals surface area contributed by atoms with Crippen LogP contribution in [0.4, 0.5) is 0 Å². The number of hydrogen-bond donors (Lipinski definition) is 2. The molecule has 0 radical (unpaired) electrons. The molecule has 0 aliphatic carbocycles. The number of amides is 1. The second kappa shape index (κ2) is 6.89. The Balaban J connectivity index is 2.01. The third-order valence-corrected chi connectivity index (χ3v) is 4.40. The highest BCUT2D eigenvalue weighted by atomic mass is 32.1. The number of nitrogens with zero attached hydrogens (tertiary/aromatic N) is 1. The SMILES string of the molecule is CC1CN(C(=O)c2ccc(C#CCCO)s2)CCC1O. The summed E-state index contributed by atoms with van der Waals surface area (Å²) in [5.41, 5.74) is 0. The molecule has 1 amide bonds.